The van der Waals surface area contributed by atoms with Crippen LogP contribution < -0.4 is 15.1 Å². The van der Waals surface area contributed by atoms with Crippen molar-refractivity contribution in [2.24, 2.45) is 29.6 Å². The number of carbonyl (C=O) groups is 4. The van der Waals surface area contributed by atoms with Crippen molar-refractivity contribution in [3.63, 3.8) is 0 Å². The number of hydrogen-bond donors (Lipinski definition) is 2. The first-order valence-electron chi connectivity index (χ1n) is 17.7. The van der Waals surface area contributed by atoms with Crippen molar-refractivity contribution in [3.8, 4) is 11.5 Å². The van der Waals surface area contributed by atoms with E-state index in [1.165, 1.54) is 35.2 Å². The molecule has 0 aromatic heterocycles. The van der Waals surface area contributed by atoms with Gasteiger partial charge in [0.2, 0.25) is 11.8 Å². The minimum absolute atomic E-state index is 0.0401. The summed E-state index contributed by atoms with van der Waals surface area (Å²) in [5, 5.41) is 12.3. The van der Waals surface area contributed by atoms with Gasteiger partial charge in [-0.15, -0.1) is 0 Å². The Morgan fingerprint density at radius 2 is 1.65 bits per heavy atom. The lowest BCUT2D eigenvalue weighted by Crippen LogP contribution is -2.55. The minimum Gasteiger partial charge on any atom is -0.508 e. The van der Waals surface area contributed by atoms with Crippen LogP contribution in [0.15, 0.2) is 108 Å². The van der Waals surface area contributed by atoms with Crippen LogP contribution >= 0.6 is 23.2 Å². The lowest BCUT2D eigenvalue weighted by atomic mass is 9.48. The molecule has 4 amide bonds. The van der Waals surface area contributed by atoms with Crippen molar-refractivity contribution in [1.29, 1.82) is 0 Å². The zero-order valence-electron chi connectivity index (χ0n) is 28.8. The molecule has 3 heterocycles. The highest BCUT2D eigenvalue weighted by Crippen LogP contribution is 2.63. The fourth-order valence-corrected chi connectivity index (χ4v) is 9.75. The molecule has 2 saturated heterocycles. The highest BCUT2D eigenvalue weighted by atomic mass is 35.5. The highest BCUT2D eigenvalue weighted by molar-refractivity contribution is 6.32. The summed E-state index contributed by atoms with van der Waals surface area (Å²) in [6.45, 7) is 1.84. The number of carbonyl (C=O) groups excluding carboxylic acids is 4. The molecule has 1 saturated carbocycles. The summed E-state index contributed by atoms with van der Waals surface area (Å²) in [5.41, 5.74) is 5.54. The van der Waals surface area contributed by atoms with Crippen molar-refractivity contribution in [2.45, 2.75) is 31.6 Å². The molecule has 0 unspecified atom stereocenters. The number of imide groups is 2. The molecule has 3 aliphatic heterocycles. The van der Waals surface area contributed by atoms with Gasteiger partial charge in [0.25, 0.3) is 11.8 Å². The van der Waals surface area contributed by atoms with Crippen LogP contribution in [0.5, 0.6) is 11.5 Å². The number of allylic oxidation sites excluding steroid dienone is 3. The van der Waals surface area contributed by atoms with E-state index in [0.29, 0.717) is 43.9 Å². The molecule has 0 bridgehead atoms. The molecular formula is C42H32Cl2FN3O6. The smallest absolute Gasteiger partial charge is 0.260 e. The molecule has 4 aromatic rings. The van der Waals surface area contributed by atoms with Gasteiger partial charge < -0.3 is 9.84 Å². The van der Waals surface area contributed by atoms with E-state index in [1.807, 2.05) is 13.0 Å². The Kier molecular flexibility index (Phi) is 7.99. The second kappa shape index (κ2) is 12.6. The second-order valence-corrected chi connectivity index (χ2v) is 15.4. The maximum Gasteiger partial charge on any atom is 0.260 e. The molecule has 0 spiro atoms. The Hall–Kier alpha value is -5.45. The van der Waals surface area contributed by atoms with Gasteiger partial charge in [0, 0.05) is 27.9 Å². The number of ether oxygens (including phenoxy) is 1. The van der Waals surface area contributed by atoms with Crippen molar-refractivity contribution in [2.75, 3.05) is 10.3 Å². The summed E-state index contributed by atoms with van der Waals surface area (Å²) in [5.74, 6) is -5.64. The van der Waals surface area contributed by atoms with Crippen LogP contribution in [0.1, 0.15) is 29.5 Å². The van der Waals surface area contributed by atoms with Crippen LogP contribution in [0.3, 0.4) is 0 Å². The van der Waals surface area contributed by atoms with E-state index in [0.717, 1.165) is 16.1 Å². The molecule has 4 aromatic carbocycles. The quantitative estimate of drug-likeness (QED) is 0.158. The van der Waals surface area contributed by atoms with E-state index in [2.05, 4.69) is 5.43 Å². The lowest BCUT2D eigenvalue weighted by molar-refractivity contribution is -0.139. The highest BCUT2D eigenvalue weighted by Gasteiger charge is 2.70. The molecular weight excluding hydrogens is 732 g/mol. The third kappa shape index (κ3) is 5.03. The predicted octanol–water partition coefficient (Wildman–Crippen LogP) is 7.69. The normalized spacial score (nSPS) is 27.1. The van der Waals surface area contributed by atoms with Crippen LogP contribution in [-0.4, -0.2) is 33.7 Å². The van der Waals surface area contributed by atoms with Crippen molar-refractivity contribution >= 4 is 58.2 Å². The van der Waals surface area contributed by atoms with Gasteiger partial charge in [-0.3, -0.25) is 24.6 Å². The van der Waals surface area contributed by atoms with E-state index in [1.54, 1.807) is 60.9 Å². The van der Waals surface area contributed by atoms with E-state index in [-0.39, 0.29) is 36.8 Å². The maximum atomic E-state index is 15.4. The molecule has 5 aliphatic rings. The Morgan fingerprint density at radius 3 is 2.39 bits per heavy atom. The lowest BCUT2D eigenvalue weighted by Gasteiger charge is -2.51. The first-order chi connectivity index (χ1) is 26.0. The average molecular weight is 765 g/mol. The van der Waals surface area contributed by atoms with E-state index in [9.17, 15) is 23.9 Å². The van der Waals surface area contributed by atoms with E-state index < -0.39 is 52.6 Å². The number of rotatable bonds is 5. The molecule has 2 N–H and O–H groups in total. The minimum atomic E-state index is -1.55. The van der Waals surface area contributed by atoms with Crippen LogP contribution in [-0.2, 0) is 31.0 Å². The first kappa shape index (κ1) is 34.3. The number of nitrogens with one attached hydrogen (secondary N) is 1. The zero-order valence-corrected chi connectivity index (χ0v) is 30.3. The van der Waals surface area contributed by atoms with Gasteiger partial charge in [-0.05, 0) is 109 Å². The number of anilines is 2. The van der Waals surface area contributed by atoms with Crippen LogP contribution in [0.2, 0.25) is 10.0 Å². The summed E-state index contributed by atoms with van der Waals surface area (Å²) in [4.78, 5) is 60.1. The Labute approximate surface area is 319 Å². The number of aromatic hydroxyl groups is 1. The first-order valence-corrected chi connectivity index (χ1v) is 18.4. The van der Waals surface area contributed by atoms with Gasteiger partial charge in [0.05, 0.1) is 40.8 Å². The van der Waals surface area contributed by atoms with Gasteiger partial charge in [-0.1, -0.05) is 53.1 Å². The molecule has 0 radical (unpaired) electrons. The fourth-order valence-electron chi connectivity index (χ4n) is 9.45. The molecule has 272 valence electrons. The van der Waals surface area contributed by atoms with Crippen LogP contribution in [0, 0.1) is 42.3 Å². The third-order valence-corrected chi connectivity index (χ3v) is 12.5. The molecule has 6 atom stereocenters. The number of phenols is 1. The Bertz CT molecular complexity index is 2360. The second-order valence-electron chi connectivity index (χ2n) is 14.6. The summed E-state index contributed by atoms with van der Waals surface area (Å²) in [7, 11) is 0. The number of amides is 4. The SMILES string of the molecule is Cc1ccc(N2C(=O)[C@H]3[C@H](CC=C4[C@H](C5=COc6ccc(O)cc6C5)[C@]5(c6ccc(Cl)cc6)C(=O)N(Nc6ccc(F)cc6)C(=O)[C@@H]5C[C@H]43)C2=O)cc1Cl. The topological polar surface area (TPSA) is 116 Å². The monoisotopic (exact) mass is 763 g/mol. The molecule has 9 rings (SSSR count). The van der Waals surface area contributed by atoms with Gasteiger partial charge in [0.15, 0.2) is 0 Å². The van der Waals surface area contributed by atoms with Crippen molar-refractivity contribution in [1.82, 2.24) is 5.01 Å². The molecule has 9 nitrogen and oxygen atoms in total. The zero-order chi connectivity index (χ0) is 37.6. The average Bonchev–Trinajstić information content (AvgIpc) is 3.54. The number of aryl methyl sites for hydroxylation is 1. The largest absolute Gasteiger partial charge is 0.508 e. The van der Waals surface area contributed by atoms with Gasteiger partial charge in [0.1, 0.15) is 17.3 Å². The Morgan fingerprint density at radius 1 is 0.889 bits per heavy atom. The number of halogens is 3. The summed E-state index contributed by atoms with van der Waals surface area (Å²) < 4.78 is 20.1. The summed E-state index contributed by atoms with van der Waals surface area (Å²) in [6, 6.07) is 22.0. The number of nitrogens with zero attached hydrogens (tertiary/aromatic N) is 2. The number of phenolic OH excluding ortho intramolecular Hbond substituents is 1. The molecule has 54 heavy (non-hydrogen) atoms. The third-order valence-electron chi connectivity index (χ3n) is 11.8. The predicted molar refractivity (Wildman–Crippen MR) is 199 cm³/mol. The van der Waals surface area contributed by atoms with E-state index in [4.69, 9.17) is 27.9 Å². The van der Waals surface area contributed by atoms with E-state index >= 15 is 4.79 Å². The molecule has 2 aliphatic carbocycles. The number of hydrogen-bond acceptors (Lipinski definition) is 7. The molecule has 12 heteroatoms. The van der Waals surface area contributed by atoms with Crippen molar-refractivity contribution < 1.29 is 33.4 Å². The molecule has 3 fully saturated rings. The van der Waals surface area contributed by atoms with Crippen LogP contribution in [0.25, 0.3) is 0 Å². The van der Waals surface area contributed by atoms with Gasteiger partial charge in [-0.2, -0.15) is 5.01 Å². The standard InChI is InChI=1S/C42H32Cl2FN3O6/c1-21-2-11-28(18-34(21)44)47-38(50)31-14-13-30-32(36(31)40(47)52)19-33-39(51)48(46-27-9-7-26(45)8-10-27)41(53)42(33,24-3-5-25(43)6-4-24)37(30)23-16-22-17-29(49)12-15-35(22)54-20-23/h2-13,15,17-18,20,31-33,36-37,46,49H,14,16,19H2,1H3/t31-,32+,33-,36-,37-,42+/m0/s1. The number of fused-ring (bicyclic) bond motifs is 5. The number of benzene rings is 4. The number of hydrazine groups is 1. The van der Waals surface area contributed by atoms with Crippen LogP contribution in [0.4, 0.5) is 15.8 Å². The maximum absolute atomic E-state index is 15.4. The van der Waals surface area contributed by atoms with Gasteiger partial charge in [-0.25, -0.2) is 9.29 Å². The summed E-state index contributed by atoms with van der Waals surface area (Å²) >= 11 is 12.8. The van der Waals surface area contributed by atoms with Crippen molar-refractivity contribution in [3.05, 3.63) is 141 Å². The summed E-state index contributed by atoms with van der Waals surface area (Å²) in [6.07, 6.45) is 4.16. The fraction of sp³-hybridized carbons (Fsp3) is 0.238. The Balaban J connectivity index is 1.22. The van der Waals surface area contributed by atoms with Gasteiger partial charge >= 0.3 is 0 Å².